The maximum Gasteiger partial charge on any atom is 0.191 e. The van der Waals surface area contributed by atoms with Gasteiger partial charge in [-0.15, -0.1) is 0 Å². The van der Waals surface area contributed by atoms with E-state index in [9.17, 15) is 0 Å². The highest BCUT2D eigenvalue weighted by Gasteiger charge is 2.37. The predicted molar refractivity (Wildman–Crippen MR) is 72.0 cm³/mol. The van der Waals surface area contributed by atoms with Crippen LogP contribution in [0.2, 0.25) is 0 Å². The molecule has 17 heavy (non-hydrogen) atoms. The highest BCUT2D eigenvalue weighted by molar-refractivity contribution is 5.81. The Morgan fingerprint density at radius 1 is 1.35 bits per heavy atom. The van der Waals surface area contributed by atoms with Crippen LogP contribution in [0.1, 0.15) is 25.8 Å². The van der Waals surface area contributed by atoms with Crippen molar-refractivity contribution in [2.24, 2.45) is 10.7 Å². The number of aliphatic imine (C=N–C) groups is 1. The van der Waals surface area contributed by atoms with Crippen molar-refractivity contribution in [3.05, 3.63) is 35.9 Å². The van der Waals surface area contributed by atoms with Crippen LogP contribution < -0.4 is 5.73 Å². The van der Waals surface area contributed by atoms with Crippen LogP contribution in [0.15, 0.2) is 35.3 Å². The molecule has 0 saturated heterocycles. The SMILES string of the molecule is CCCN1C(N)=NCC1(C)Cc1ccccc1. The molecular formula is C14H21N3. The summed E-state index contributed by atoms with van der Waals surface area (Å²) in [5, 5.41) is 0. The van der Waals surface area contributed by atoms with Crippen LogP contribution in [0, 0.1) is 0 Å². The highest BCUT2D eigenvalue weighted by atomic mass is 15.3. The first-order valence-corrected chi connectivity index (χ1v) is 6.27. The lowest BCUT2D eigenvalue weighted by Crippen LogP contribution is -2.51. The molecule has 2 rings (SSSR count). The number of nitrogens with zero attached hydrogens (tertiary/aromatic N) is 2. The third kappa shape index (κ3) is 2.43. The van der Waals surface area contributed by atoms with E-state index in [0.29, 0.717) is 5.96 Å². The molecule has 0 radical (unpaired) electrons. The smallest absolute Gasteiger partial charge is 0.191 e. The molecule has 1 aliphatic heterocycles. The molecule has 1 aromatic carbocycles. The molecule has 1 unspecified atom stereocenters. The van der Waals surface area contributed by atoms with Crippen LogP contribution in [0.5, 0.6) is 0 Å². The van der Waals surface area contributed by atoms with Gasteiger partial charge in [0.2, 0.25) is 0 Å². The van der Waals surface area contributed by atoms with Gasteiger partial charge in [-0.2, -0.15) is 0 Å². The van der Waals surface area contributed by atoms with E-state index in [1.54, 1.807) is 0 Å². The minimum atomic E-state index is 0.0431. The average Bonchev–Trinajstić information content (AvgIpc) is 2.59. The van der Waals surface area contributed by atoms with Gasteiger partial charge in [0.1, 0.15) is 0 Å². The topological polar surface area (TPSA) is 41.6 Å². The molecule has 1 aromatic rings. The lowest BCUT2D eigenvalue weighted by Gasteiger charge is -2.36. The molecule has 0 spiro atoms. The van der Waals surface area contributed by atoms with E-state index >= 15 is 0 Å². The maximum atomic E-state index is 5.97. The molecular weight excluding hydrogens is 210 g/mol. The summed E-state index contributed by atoms with van der Waals surface area (Å²) in [6.45, 7) is 6.21. The van der Waals surface area contributed by atoms with Crippen molar-refractivity contribution in [1.29, 1.82) is 0 Å². The van der Waals surface area contributed by atoms with Gasteiger partial charge in [0.15, 0.2) is 5.96 Å². The van der Waals surface area contributed by atoms with Gasteiger partial charge in [-0.25, -0.2) is 0 Å². The summed E-state index contributed by atoms with van der Waals surface area (Å²) in [6, 6.07) is 10.6. The fourth-order valence-electron chi connectivity index (χ4n) is 2.49. The number of guanidine groups is 1. The van der Waals surface area contributed by atoms with Crippen molar-refractivity contribution in [2.75, 3.05) is 13.1 Å². The van der Waals surface area contributed by atoms with Crippen molar-refractivity contribution < 1.29 is 0 Å². The Kier molecular flexibility index (Phi) is 3.36. The number of hydrogen-bond donors (Lipinski definition) is 1. The van der Waals surface area contributed by atoms with Gasteiger partial charge in [0.05, 0.1) is 12.1 Å². The molecule has 0 aliphatic carbocycles. The van der Waals surface area contributed by atoms with Gasteiger partial charge >= 0.3 is 0 Å². The predicted octanol–water partition coefficient (Wildman–Crippen LogP) is 2.03. The summed E-state index contributed by atoms with van der Waals surface area (Å²) in [6.07, 6.45) is 2.10. The van der Waals surface area contributed by atoms with Gasteiger partial charge in [0.25, 0.3) is 0 Å². The molecule has 3 heteroatoms. The zero-order valence-electron chi connectivity index (χ0n) is 10.7. The number of benzene rings is 1. The molecule has 0 fully saturated rings. The first-order chi connectivity index (χ1) is 8.15. The van der Waals surface area contributed by atoms with E-state index in [-0.39, 0.29) is 5.54 Å². The van der Waals surface area contributed by atoms with Gasteiger partial charge in [-0.3, -0.25) is 4.99 Å². The quantitative estimate of drug-likeness (QED) is 0.861. The van der Waals surface area contributed by atoms with Crippen LogP contribution in [0.4, 0.5) is 0 Å². The van der Waals surface area contributed by atoms with Crippen molar-refractivity contribution in [3.8, 4) is 0 Å². The van der Waals surface area contributed by atoms with Gasteiger partial charge < -0.3 is 10.6 Å². The second kappa shape index (κ2) is 4.78. The van der Waals surface area contributed by atoms with Crippen LogP contribution in [-0.4, -0.2) is 29.5 Å². The van der Waals surface area contributed by atoms with Gasteiger partial charge in [-0.05, 0) is 25.3 Å². The Hall–Kier alpha value is -1.51. The highest BCUT2D eigenvalue weighted by Crippen LogP contribution is 2.26. The number of rotatable bonds is 4. The molecule has 92 valence electrons. The zero-order chi connectivity index (χ0) is 12.3. The van der Waals surface area contributed by atoms with Gasteiger partial charge in [-0.1, -0.05) is 37.3 Å². The van der Waals surface area contributed by atoms with Crippen LogP contribution >= 0.6 is 0 Å². The first kappa shape index (κ1) is 12.0. The fourth-order valence-corrected chi connectivity index (χ4v) is 2.49. The second-order valence-electron chi connectivity index (χ2n) is 4.99. The van der Waals surface area contributed by atoms with E-state index in [2.05, 4.69) is 54.1 Å². The van der Waals surface area contributed by atoms with E-state index < -0.39 is 0 Å². The maximum absolute atomic E-state index is 5.97. The van der Waals surface area contributed by atoms with E-state index in [1.807, 2.05) is 0 Å². The minimum absolute atomic E-state index is 0.0431. The molecule has 0 aromatic heterocycles. The number of nitrogens with two attached hydrogens (primary N) is 1. The van der Waals surface area contributed by atoms with Crippen LogP contribution in [0.25, 0.3) is 0 Å². The van der Waals surface area contributed by atoms with E-state index in [0.717, 1.165) is 25.9 Å². The van der Waals surface area contributed by atoms with Crippen LogP contribution in [-0.2, 0) is 6.42 Å². The lowest BCUT2D eigenvalue weighted by molar-refractivity contribution is 0.221. The van der Waals surface area contributed by atoms with Crippen molar-refractivity contribution >= 4 is 5.96 Å². The molecule has 1 aliphatic rings. The third-order valence-corrected chi connectivity index (χ3v) is 3.38. The largest absolute Gasteiger partial charge is 0.370 e. The Balaban J connectivity index is 2.14. The van der Waals surface area contributed by atoms with Crippen molar-refractivity contribution in [1.82, 2.24) is 4.90 Å². The van der Waals surface area contributed by atoms with Crippen LogP contribution in [0.3, 0.4) is 0 Å². The Labute approximate surface area is 103 Å². The molecule has 0 saturated carbocycles. The molecule has 0 bridgehead atoms. The molecule has 1 heterocycles. The molecule has 2 N–H and O–H groups in total. The lowest BCUT2D eigenvalue weighted by atomic mass is 9.92. The summed E-state index contributed by atoms with van der Waals surface area (Å²) >= 11 is 0. The van der Waals surface area contributed by atoms with Crippen molar-refractivity contribution in [2.45, 2.75) is 32.2 Å². The number of hydrogen-bond acceptors (Lipinski definition) is 3. The minimum Gasteiger partial charge on any atom is -0.370 e. The Bertz CT molecular complexity index is 399. The van der Waals surface area contributed by atoms with Gasteiger partial charge in [0, 0.05) is 6.54 Å². The molecule has 3 nitrogen and oxygen atoms in total. The van der Waals surface area contributed by atoms with E-state index in [1.165, 1.54) is 5.56 Å². The monoisotopic (exact) mass is 231 g/mol. The standard InChI is InChI=1S/C14H21N3/c1-3-9-17-13(15)16-11-14(17,2)10-12-7-5-4-6-8-12/h4-8H,3,9-11H2,1-2H3,(H2,15,16). The zero-order valence-corrected chi connectivity index (χ0v) is 10.7. The van der Waals surface area contributed by atoms with E-state index in [4.69, 9.17) is 5.73 Å². The molecule has 1 atom stereocenters. The fraction of sp³-hybridized carbons (Fsp3) is 0.500. The summed E-state index contributed by atoms with van der Waals surface area (Å²) in [4.78, 5) is 6.66. The summed E-state index contributed by atoms with van der Waals surface area (Å²) in [5.41, 5.74) is 7.36. The summed E-state index contributed by atoms with van der Waals surface area (Å²) < 4.78 is 0. The summed E-state index contributed by atoms with van der Waals surface area (Å²) in [7, 11) is 0. The second-order valence-corrected chi connectivity index (χ2v) is 4.99. The van der Waals surface area contributed by atoms with Crippen molar-refractivity contribution in [3.63, 3.8) is 0 Å². The normalized spacial score (nSPS) is 23.9. The average molecular weight is 231 g/mol. The third-order valence-electron chi connectivity index (χ3n) is 3.38. The summed E-state index contributed by atoms with van der Waals surface area (Å²) in [5.74, 6) is 0.699. The Morgan fingerprint density at radius 3 is 2.71 bits per heavy atom. The Morgan fingerprint density at radius 2 is 2.06 bits per heavy atom. The molecule has 0 amide bonds. The first-order valence-electron chi connectivity index (χ1n) is 6.27.